The Labute approximate surface area is 140 Å². The summed E-state index contributed by atoms with van der Waals surface area (Å²) in [7, 11) is 0. The van der Waals surface area contributed by atoms with Gasteiger partial charge in [0.05, 0.1) is 19.3 Å². The molecule has 1 aliphatic heterocycles. The second-order valence-electron chi connectivity index (χ2n) is 6.34. The molecule has 0 unspecified atom stereocenters. The summed E-state index contributed by atoms with van der Waals surface area (Å²) in [5.41, 5.74) is 1.29. The molecule has 0 bridgehead atoms. The quantitative estimate of drug-likeness (QED) is 0.933. The van der Waals surface area contributed by atoms with Crippen LogP contribution in [0.3, 0.4) is 0 Å². The van der Waals surface area contributed by atoms with Gasteiger partial charge in [-0.05, 0) is 37.5 Å². The van der Waals surface area contributed by atoms with Gasteiger partial charge in [-0.15, -0.1) is 0 Å². The summed E-state index contributed by atoms with van der Waals surface area (Å²) < 4.78 is 16.6. The average molecular weight is 328 g/mol. The van der Waals surface area contributed by atoms with Crippen LogP contribution in [0.25, 0.3) is 0 Å². The minimum Gasteiger partial charge on any atom is -0.490 e. The number of hydrogen-bond donors (Lipinski definition) is 1. The van der Waals surface area contributed by atoms with Gasteiger partial charge in [0.15, 0.2) is 17.2 Å². The first kappa shape index (κ1) is 15.1. The van der Waals surface area contributed by atoms with Gasteiger partial charge in [0.2, 0.25) is 0 Å². The van der Waals surface area contributed by atoms with Crippen LogP contribution >= 0.6 is 0 Å². The molecule has 1 aromatic carbocycles. The second kappa shape index (κ2) is 6.19. The number of aromatic nitrogens is 1. The molecular weight excluding hydrogens is 308 g/mol. The highest BCUT2D eigenvalue weighted by Crippen LogP contribution is 2.40. The predicted octanol–water partition coefficient (Wildman–Crippen LogP) is 3.20. The van der Waals surface area contributed by atoms with E-state index >= 15 is 0 Å². The Kier molecular flexibility index (Phi) is 3.88. The van der Waals surface area contributed by atoms with E-state index in [0.29, 0.717) is 24.8 Å². The molecule has 0 radical (unpaired) electrons. The number of carbonyl (C=O) groups excluding carboxylic acids is 1. The van der Waals surface area contributed by atoms with Gasteiger partial charge in [0.25, 0.3) is 5.91 Å². The third-order valence-electron chi connectivity index (χ3n) is 4.36. The molecule has 1 N–H and O–H groups in total. The smallest absolute Gasteiger partial charge is 0.273 e. The molecular formula is C18H20N2O4. The minimum atomic E-state index is -0.231. The fraction of sp³-hybridized carbons (Fsp3) is 0.444. The van der Waals surface area contributed by atoms with Gasteiger partial charge in [-0.2, -0.15) is 0 Å². The van der Waals surface area contributed by atoms with Crippen molar-refractivity contribution in [2.75, 3.05) is 13.2 Å². The highest BCUT2D eigenvalue weighted by Gasteiger charge is 2.29. The van der Waals surface area contributed by atoms with E-state index in [9.17, 15) is 4.79 Å². The van der Waals surface area contributed by atoms with Gasteiger partial charge in [-0.1, -0.05) is 11.2 Å². The molecule has 6 nitrogen and oxygen atoms in total. The zero-order valence-corrected chi connectivity index (χ0v) is 13.6. The number of benzene rings is 1. The molecule has 2 aliphatic rings. The van der Waals surface area contributed by atoms with E-state index in [4.69, 9.17) is 14.0 Å². The van der Waals surface area contributed by atoms with Crippen molar-refractivity contribution in [2.24, 2.45) is 0 Å². The molecule has 0 saturated heterocycles. The van der Waals surface area contributed by atoms with Crippen LogP contribution < -0.4 is 14.8 Å². The standard InChI is InChI=1S/C18H20N2O4/c1-11(13-5-6-15-17(9-13)23-8-2-7-22-15)19-18(21)14-10-16(24-20-14)12-3-4-12/h5-6,9-12H,2-4,7-8H2,1H3,(H,19,21)/t11-/m1/s1. The van der Waals surface area contributed by atoms with E-state index in [1.807, 2.05) is 25.1 Å². The third kappa shape index (κ3) is 3.09. The van der Waals surface area contributed by atoms with Crippen molar-refractivity contribution in [3.63, 3.8) is 0 Å². The van der Waals surface area contributed by atoms with Gasteiger partial charge in [0.1, 0.15) is 5.76 Å². The minimum absolute atomic E-state index is 0.171. The number of nitrogens with one attached hydrogen (secondary N) is 1. The maximum atomic E-state index is 12.3. The van der Waals surface area contributed by atoms with Crippen LogP contribution in [0.4, 0.5) is 0 Å². The average Bonchev–Trinajstić information content (AvgIpc) is 3.36. The fourth-order valence-electron chi connectivity index (χ4n) is 2.76. The van der Waals surface area contributed by atoms with E-state index in [-0.39, 0.29) is 11.9 Å². The second-order valence-corrected chi connectivity index (χ2v) is 6.34. The normalized spacial score (nSPS) is 17.9. The topological polar surface area (TPSA) is 73.6 Å². The number of amides is 1. The summed E-state index contributed by atoms with van der Waals surface area (Å²) in [5, 5.41) is 6.82. The number of fused-ring (bicyclic) bond motifs is 1. The van der Waals surface area contributed by atoms with Gasteiger partial charge < -0.3 is 19.3 Å². The van der Waals surface area contributed by atoms with Crippen molar-refractivity contribution in [1.82, 2.24) is 10.5 Å². The van der Waals surface area contributed by atoms with E-state index in [1.165, 1.54) is 0 Å². The van der Waals surface area contributed by atoms with Gasteiger partial charge in [0, 0.05) is 18.4 Å². The highest BCUT2D eigenvalue weighted by atomic mass is 16.5. The van der Waals surface area contributed by atoms with Gasteiger partial charge in [-0.25, -0.2) is 0 Å². The van der Waals surface area contributed by atoms with E-state index in [0.717, 1.165) is 42.1 Å². The summed E-state index contributed by atoms with van der Waals surface area (Å²) in [6.07, 6.45) is 3.10. The fourth-order valence-corrected chi connectivity index (χ4v) is 2.76. The first-order valence-corrected chi connectivity index (χ1v) is 8.38. The molecule has 2 heterocycles. The zero-order valence-electron chi connectivity index (χ0n) is 13.6. The molecule has 1 atom stereocenters. The van der Waals surface area contributed by atoms with Crippen LogP contribution in [0.15, 0.2) is 28.8 Å². The van der Waals surface area contributed by atoms with Crippen molar-refractivity contribution in [3.8, 4) is 11.5 Å². The predicted molar refractivity (Wildman–Crippen MR) is 86.4 cm³/mol. The summed E-state index contributed by atoms with van der Waals surface area (Å²) >= 11 is 0. The Morgan fingerprint density at radius 2 is 2.00 bits per heavy atom. The molecule has 1 aromatic heterocycles. The number of ether oxygens (including phenoxy) is 2. The summed E-state index contributed by atoms with van der Waals surface area (Å²) in [6.45, 7) is 3.23. The monoisotopic (exact) mass is 328 g/mol. The van der Waals surface area contributed by atoms with Crippen LogP contribution in [0, 0.1) is 0 Å². The molecule has 0 spiro atoms. The van der Waals surface area contributed by atoms with Crippen molar-refractivity contribution in [3.05, 3.63) is 41.3 Å². The Morgan fingerprint density at radius 3 is 2.79 bits per heavy atom. The summed E-state index contributed by atoms with van der Waals surface area (Å²) in [4.78, 5) is 12.3. The lowest BCUT2D eigenvalue weighted by molar-refractivity contribution is 0.0930. The lowest BCUT2D eigenvalue weighted by Crippen LogP contribution is -2.26. The SMILES string of the molecule is C[C@@H](NC(=O)c1cc(C2CC2)on1)c1ccc2c(c1)OCCCO2. The molecule has 2 aromatic rings. The molecule has 1 amide bonds. The van der Waals surface area contributed by atoms with Crippen molar-refractivity contribution in [1.29, 1.82) is 0 Å². The Bertz CT molecular complexity index is 751. The molecule has 126 valence electrons. The maximum Gasteiger partial charge on any atom is 0.273 e. The Hall–Kier alpha value is -2.50. The molecule has 1 saturated carbocycles. The van der Waals surface area contributed by atoms with Crippen LogP contribution in [-0.2, 0) is 0 Å². The number of nitrogens with zero attached hydrogens (tertiary/aromatic N) is 1. The lowest BCUT2D eigenvalue weighted by atomic mass is 10.1. The molecule has 1 fully saturated rings. The van der Waals surface area contributed by atoms with Crippen LogP contribution in [0.5, 0.6) is 11.5 Å². The van der Waals surface area contributed by atoms with E-state index in [1.54, 1.807) is 6.07 Å². The Morgan fingerprint density at radius 1 is 1.21 bits per heavy atom. The van der Waals surface area contributed by atoms with Gasteiger partial charge in [-0.3, -0.25) is 4.79 Å². The largest absolute Gasteiger partial charge is 0.490 e. The van der Waals surface area contributed by atoms with Crippen LogP contribution in [0.2, 0.25) is 0 Å². The highest BCUT2D eigenvalue weighted by molar-refractivity contribution is 5.92. The summed E-state index contributed by atoms with van der Waals surface area (Å²) in [5.74, 6) is 2.50. The first-order valence-electron chi connectivity index (χ1n) is 8.38. The molecule has 4 rings (SSSR count). The molecule has 24 heavy (non-hydrogen) atoms. The lowest BCUT2D eigenvalue weighted by Gasteiger charge is -2.15. The first-order chi connectivity index (χ1) is 11.7. The molecule has 1 aliphatic carbocycles. The maximum absolute atomic E-state index is 12.3. The number of rotatable bonds is 4. The zero-order chi connectivity index (χ0) is 16.5. The third-order valence-corrected chi connectivity index (χ3v) is 4.36. The number of hydrogen-bond acceptors (Lipinski definition) is 5. The Balaban J connectivity index is 1.45. The van der Waals surface area contributed by atoms with Crippen LogP contribution in [0.1, 0.15) is 60.0 Å². The van der Waals surface area contributed by atoms with E-state index in [2.05, 4.69) is 10.5 Å². The number of carbonyl (C=O) groups is 1. The molecule has 6 heteroatoms. The van der Waals surface area contributed by atoms with Crippen LogP contribution in [-0.4, -0.2) is 24.3 Å². The van der Waals surface area contributed by atoms with Crippen molar-refractivity contribution >= 4 is 5.91 Å². The van der Waals surface area contributed by atoms with Gasteiger partial charge >= 0.3 is 0 Å². The van der Waals surface area contributed by atoms with Crippen molar-refractivity contribution < 1.29 is 18.8 Å². The van der Waals surface area contributed by atoms with E-state index < -0.39 is 0 Å². The van der Waals surface area contributed by atoms with Crippen molar-refractivity contribution in [2.45, 2.75) is 38.1 Å². The summed E-state index contributed by atoms with van der Waals surface area (Å²) in [6, 6.07) is 7.32.